The van der Waals surface area contributed by atoms with Crippen molar-refractivity contribution in [2.45, 2.75) is 0 Å². The van der Waals surface area contributed by atoms with Gasteiger partial charge in [-0.1, -0.05) is 28.1 Å². The topological polar surface area (TPSA) is 50.2 Å². The van der Waals surface area contributed by atoms with Crippen molar-refractivity contribution in [3.05, 3.63) is 39.9 Å². The number of aromatic nitrogens is 1. The van der Waals surface area contributed by atoms with Crippen molar-refractivity contribution in [3.8, 4) is 10.4 Å². The molecule has 0 aliphatic heterocycles. The summed E-state index contributed by atoms with van der Waals surface area (Å²) in [6, 6.07) is 7.48. The van der Waals surface area contributed by atoms with Crippen LogP contribution in [0.5, 0.6) is 0 Å². The van der Waals surface area contributed by atoms with Crippen LogP contribution in [0.15, 0.2) is 34.2 Å². The first kappa shape index (κ1) is 10.3. The van der Waals surface area contributed by atoms with Crippen molar-refractivity contribution in [1.82, 2.24) is 4.98 Å². The lowest BCUT2D eigenvalue weighted by atomic mass is 10.1. The highest BCUT2D eigenvalue weighted by Gasteiger charge is 2.14. The predicted molar refractivity (Wildman–Crippen MR) is 62.2 cm³/mol. The zero-order valence-electron chi connectivity index (χ0n) is 7.48. The van der Waals surface area contributed by atoms with E-state index in [1.54, 1.807) is 5.51 Å². The molecule has 0 fully saturated rings. The molecule has 15 heavy (non-hydrogen) atoms. The standard InChI is InChI=1S/C10H6BrNO2S/c11-7-3-1-6(2-4-7)9-8(10(13)14)12-5-15-9/h1-5H,(H,13,14). The van der Waals surface area contributed by atoms with Crippen LogP contribution in [0, 0.1) is 0 Å². The van der Waals surface area contributed by atoms with Crippen molar-refractivity contribution in [1.29, 1.82) is 0 Å². The van der Waals surface area contributed by atoms with Gasteiger partial charge >= 0.3 is 5.97 Å². The quantitative estimate of drug-likeness (QED) is 0.920. The van der Waals surface area contributed by atoms with Gasteiger partial charge in [-0.3, -0.25) is 0 Å². The molecule has 76 valence electrons. The van der Waals surface area contributed by atoms with Crippen molar-refractivity contribution in [2.24, 2.45) is 0 Å². The second-order valence-corrected chi connectivity index (χ2v) is 4.61. The van der Waals surface area contributed by atoms with E-state index >= 15 is 0 Å². The van der Waals surface area contributed by atoms with Crippen LogP contribution >= 0.6 is 27.3 Å². The van der Waals surface area contributed by atoms with E-state index in [0.29, 0.717) is 4.88 Å². The van der Waals surface area contributed by atoms with Crippen LogP contribution in [0.25, 0.3) is 10.4 Å². The lowest BCUT2D eigenvalue weighted by molar-refractivity contribution is 0.0692. The summed E-state index contributed by atoms with van der Waals surface area (Å²) in [6.45, 7) is 0. The Labute approximate surface area is 98.5 Å². The average molecular weight is 284 g/mol. The molecule has 1 N–H and O–H groups in total. The van der Waals surface area contributed by atoms with Gasteiger partial charge in [-0.05, 0) is 17.7 Å². The highest BCUT2D eigenvalue weighted by molar-refractivity contribution is 9.10. The fraction of sp³-hybridized carbons (Fsp3) is 0. The van der Waals surface area contributed by atoms with E-state index in [1.807, 2.05) is 24.3 Å². The number of carbonyl (C=O) groups is 1. The highest BCUT2D eigenvalue weighted by Crippen LogP contribution is 2.28. The molecule has 0 bridgehead atoms. The van der Waals surface area contributed by atoms with Crippen molar-refractivity contribution in [2.75, 3.05) is 0 Å². The molecule has 0 saturated carbocycles. The molecule has 5 heteroatoms. The van der Waals surface area contributed by atoms with Gasteiger partial charge in [0.15, 0.2) is 5.69 Å². The smallest absolute Gasteiger partial charge is 0.356 e. The minimum Gasteiger partial charge on any atom is -0.476 e. The van der Waals surface area contributed by atoms with Crippen LogP contribution in [0.3, 0.4) is 0 Å². The Morgan fingerprint density at radius 3 is 2.60 bits per heavy atom. The molecule has 0 amide bonds. The molecule has 0 spiro atoms. The van der Waals surface area contributed by atoms with E-state index in [0.717, 1.165) is 10.0 Å². The summed E-state index contributed by atoms with van der Waals surface area (Å²) in [4.78, 5) is 15.4. The summed E-state index contributed by atoms with van der Waals surface area (Å²) in [5, 5.41) is 8.91. The molecule has 3 nitrogen and oxygen atoms in total. The van der Waals surface area contributed by atoms with Gasteiger partial charge < -0.3 is 5.11 Å². The second-order valence-electron chi connectivity index (χ2n) is 2.84. The summed E-state index contributed by atoms with van der Waals surface area (Å²) in [5.41, 5.74) is 2.53. The number of hydrogen-bond donors (Lipinski definition) is 1. The number of carboxylic acid groups (broad SMARTS) is 1. The number of benzene rings is 1. The molecular weight excluding hydrogens is 278 g/mol. The first-order valence-corrected chi connectivity index (χ1v) is 5.78. The zero-order chi connectivity index (χ0) is 10.8. The van der Waals surface area contributed by atoms with Gasteiger partial charge in [0, 0.05) is 4.47 Å². The number of halogens is 1. The van der Waals surface area contributed by atoms with Gasteiger partial charge in [-0.2, -0.15) is 0 Å². The first-order valence-electron chi connectivity index (χ1n) is 4.11. The van der Waals surface area contributed by atoms with Gasteiger partial charge in [-0.25, -0.2) is 9.78 Å². The number of thiazole rings is 1. The normalized spacial score (nSPS) is 10.2. The zero-order valence-corrected chi connectivity index (χ0v) is 9.88. The van der Waals surface area contributed by atoms with E-state index in [2.05, 4.69) is 20.9 Å². The fourth-order valence-electron chi connectivity index (χ4n) is 1.20. The Kier molecular flexibility index (Phi) is 2.83. The maximum atomic E-state index is 10.9. The Morgan fingerprint density at radius 2 is 2.00 bits per heavy atom. The monoisotopic (exact) mass is 283 g/mol. The second kappa shape index (κ2) is 4.12. The van der Waals surface area contributed by atoms with E-state index in [4.69, 9.17) is 5.11 Å². The molecule has 1 aromatic carbocycles. The van der Waals surface area contributed by atoms with Crippen molar-refractivity contribution >= 4 is 33.2 Å². The van der Waals surface area contributed by atoms with Crippen LogP contribution in [-0.2, 0) is 0 Å². The molecule has 0 aliphatic rings. The van der Waals surface area contributed by atoms with Crippen LogP contribution in [0.1, 0.15) is 10.5 Å². The molecule has 2 rings (SSSR count). The maximum absolute atomic E-state index is 10.9. The average Bonchev–Trinajstić information content (AvgIpc) is 2.67. The van der Waals surface area contributed by atoms with Gasteiger partial charge in [0.25, 0.3) is 0 Å². The minimum absolute atomic E-state index is 0.113. The third-order valence-electron chi connectivity index (χ3n) is 1.88. The number of rotatable bonds is 2. The van der Waals surface area contributed by atoms with Gasteiger partial charge in [0.05, 0.1) is 10.4 Å². The molecule has 0 aliphatic carbocycles. The molecular formula is C10H6BrNO2S. The van der Waals surface area contributed by atoms with E-state index in [-0.39, 0.29) is 5.69 Å². The molecule has 0 atom stereocenters. The largest absolute Gasteiger partial charge is 0.476 e. The van der Waals surface area contributed by atoms with Crippen LogP contribution in [-0.4, -0.2) is 16.1 Å². The number of hydrogen-bond acceptors (Lipinski definition) is 3. The molecule has 1 heterocycles. The number of carboxylic acids is 1. The third kappa shape index (κ3) is 2.08. The van der Waals surface area contributed by atoms with E-state index in [9.17, 15) is 4.79 Å². The lowest BCUT2D eigenvalue weighted by Gasteiger charge is -1.98. The molecule has 0 radical (unpaired) electrons. The van der Waals surface area contributed by atoms with Crippen molar-refractivity contribution < 1.29 is 9.90 Å². The minimum atomic E-state index is -0.992. The molecule has 0 saturated heterocycles. The fourth-order valence-corrected chi connectivity index (χ4v) is 2.26. The van der Waals surface area contributed by atoms with Gasteiger partial charge in [0.2, 0.25) is 0 Å². The van der Waals surface area contributed by atoms with Crippen LogP contribution < -0.4 is 0 Å². The summed E-state index contributed by atoms with van der Waals surface area (Å²) in [5.74, 6) is -0.992. The van der Waals surface area contributed by atoms with E-state index in [1.165, 1.54) is 11.3 Å². The summed E-state index contributed by atoms with van der Waals surface area (Å²) in [6.07, 6.45) is 0. The third-order valence-corrected chi connectivity index (χ3v) is 3.28. The summed E-state index contributed by atoms with van der Waals surface area (Å²) in [7, 11) is 0. The van der Waals surface area contributed by atoms with Crippen LogP contribution in [0.2, 0.25) is 0 Å². The van der Waals surface area contributed by atoms with Crippen LogP contribution in [0.4, 0.5) is 0 Å². The van der Waals surface area contributed by atoms with Gasteiger partial charge in [0.1, 0.15) is 0 Å². The molecule has 0 unspecified atom stereocenters. The Hall–Kier alpha value is -1.20. The first-order chi connectivity index (χ1) is 7.18. The van der Waals surface area contributed by atoms with Gasteiger partial charge in [-0.15, -0.1) is 11.3 Å². The lowest BCUT2D eigenvalue weighted by Crippen LogP contribution is -1.98. The number of nitrogens with zero attached hydrogens (tertiary/aromatic N) is 1. The van der Waals surface area contributed by atoms with E-state index < -0.39 is 5.97 Å². The summed E-state index contributed by atoms with van der Waals surface area (Å²) >= 11 is 4.66. The highest BCUT2D eigenvalue weighted by atomic mass is 79.9. The van der Waals surface area contributed by atoms with Crippen molar-refractivity contribution in [3.63, 3.8) is 0 Å². The summed E-state index contributed by atoms with van der Waals surface area (Å²) < 4.78 is 0.965. The SMILES string of the molecule is O=C(O)c1ncsc1-c1ccc(Br)cc1. The Balaban J connectivity index is 2.49. The molecule has 1 aromatic heterocycles. The maximum Gasteiger partial charge on any atom is 0.356 e. The number of aromatic carboxylic acids is 1. The molecule has 2 aromatic rings. The Bertz CT molecular complexity index is 492. The predicted octanol–water partition coefficient (Wildman–Crippen LogP) is 3.27. The Morgan fingerprint density at radius 1 is 1.33 bits per heavy atom.